The smallest absolute Gasteiger partial charge is 0.319 e. The summed E-state index contributed by atoms with van der Waals surface area (Å²) in [6.07, 6.45) is 0. The molecule has 0 saturated heterocycles. The molecule has 0 spiro atoms. The highest BCUT2D eigenvalue weighted by molar-refractivity contribution is 7.33. The zero-order valence-electron chi connectivity index (χ0n) is 14.0. The first kappa shape index (κ1) is 19.8. The summed E-state index contributed by atoms with van der Waals surface area (Å²) in [5, 5.41) is 17.5. The Kier molecular flexibility index (Phi) is 7.50. The summed E-state index contributed by atoms with van der Waals surface area (Å²) in [6, 6.07) is 16.6. The van der Waals surface area contributed by atoms with Gasteiger partial charge in [0.25, 0.3) is 0 Å². The quantitative estimate of drug-likeness (QED) is 0.682. The molecule has 0 heterocycles. The van der Waals surface area contributed by atoms with Crippen molar-refractivity contribution in [1.82, 2.24) is 0 Å². The van der Waals surface area contributed by atoms with Crippen LogP contribution in [0, 0.1) is 22.7 Å². The lowest BCUT2D eigenvalue weighted by atomic mass is 10.1. The van der Waals surface area contributed by atoms with Crippen molar-refractivity contribution in [2.24, 2.45) is 11.5 Å². The summed E-state index contributed by atoms with van der Waals surface area (Å²) < 4.78 is 22.2. The molecule has 0 fully saturated rings. The molecule has 2 unspecified atom stereocenters. The highest BCUT2D eigenvalue weighted by atomic mass is 31.1. The van der Waals surface area contributed by atoms with Crippen LogP contribution in [0.4, 0.5) is 0 Å². The predicted octanol–water partition coefficient (Wildman–Crippen LogP) is 2.55. The van der Waals surface area contributed by atoms with E-state index in [1.54, 1.807) is 48.5 Å². The van der Waals surface area contributed by atoms with E-state index in [1.807, 2.05) is 12.1 Å². The van der Waals surface area contributed by atoms with Crippen LogP contribution in [0.15, 0.2) is 48.5 Å². The molecule has 26 heavy (non-hydrogen) atoms. The van der Waals surface area contributed by atoms with Crippen LogP contribution in [0.25, 0.3) is 0 Å². The Morgan fingerprint density at radius 1 is 0.808 bits per heavy atom. The normalized spacial score (nSPS) is 14.0. The van der Waals surface area contributed by atoms with Crippen LogP contribution < -0.4 is 11.5 Å². The van der Waals surface area contributed by atoms with Crippen LogP contribution in [-0.2, 0) is 13.6 Å². The SMILES string of the molecule is N#Cc1ccc(C(N)CO[PH](=O)OCC(N)c2ccc(C#N)cc2)cc1. The van der Waals surface area contributed by atoms with E-state index in [-0.39, 0.29) is 13.2 Å². The molecule has 0 radical (unpaired) electrons. The average molecular weight is 370 g/mol. The van der Waals surface area contributed by atoms with Gasteiger partial charge < -0.3 is 20.5 Å². The maximum Gasteiger partial charge on any atom is 0.319 e. The van der Waals surface area contributed by atoms with Gasteiger partial charge in [0.2, 0.25) is 0 Å². The highest BCUT2D eigenvalue weighted by Crippen LogP contribution is 2.27. The number of hydrogen-bond donors (Lipinski definition) is 2. The van der Waals surface area contributed by atoms with E-state index in [0.717, 1.165) is 11.1 Å². The summed E-state index contributed by atoms with van der Waals surface area (Å²) in [7, 11) is -2.73. The van der Waals surface area contributed by atoms with Crippen LogP contribution in [0.3, 0.4) is 0 Å². The minimum atomic E-state index is -2.73. The van der Waals surface area contributed by atoms with Crippen molar-refractivity contribution in [1.29, 1.82) is 10.5 Å². The molecule has 8 heteroatoms. The van der Waals surface area contributed by atoms with Crippen molar-refractivity contribution < 1.29 is 13.6 Å². The first-order valence-corrected chi connectivity index (χ1v) is 9.06. The van der Waals surface area contributed by atoms with Gasteiger partial charge >= 0.3 is 8.25 Å². The maximum absolute atomic E-state index is 11.9. The lowest BCUT2D eigenvalue weighted by Gasteiger charge is -2.15. The number of nitriles is 2. The van der Waals surface area contributed by atoms with Crippen molar-refractivity contribution in [2.75, 3.05) is 13.2 Å². The lowest BCUT2D eigenvalue weighted by Crippen LogP contribution is -2.17. The molecule has 0 saturated carbocycles. The third kappa shape index (κ3) is 5.79. The molecule has 4 N–H and O–H groups in total. The van der Waals surface area contributed by atoms with Crippen molar-refractivity contribution in [3.63, 3.8) is 0 Å². The molecule has 7 nitrogen and oxygen atoms in total. The molecular weight excluding hydrogens is 351 g/mol. The Bertz CT molecular complexity index is 756. The molecule has 0 aliphatic carbocycles. The Labute approximate surface area is 152 Å². The first-order valence-electron chi connectivity index (χ1n) is 7.84. The van der Waals surface area contributed by atoms with Gasteiger partial charge in [-0.05, 0) is 35.4 Å². The number of nitrogens with two attached hydrogens (primary N) is 2. The zero-order valence-corrected chi connectivity index (χ0v) is 15.0. The van der Waals surface area contributed by atoms with Gasteiger partial charge in [-0.25, -0.2) is 0 Å². The van der Waals surface area contributed by atoms with Crippen LogP contribution >= 0.6 is 8.25 Å². The Morgan fingerprint density at radius 3 is 1.46 bits per heavy atom. The molecule has 0 aliphatic heterocycles. The van der Waals surface area contributed by atoms with Gasteiger partial charge in [0.1, 0.15) is 0 Å². The van der Waals surface area contributed by atoms with Gasteiger partial charge in [0, 0.05) is 0 Å². The summed E-state index contributed by atoms with van der Waals surface area (Å²) >= 11 is 0. The molecule has 0 amide bonds. The van der Waals surface area contributed by atoms with Gasteiger partial charge in [-0.15, -0.1) is 0 Å². The fourth-order valence-electron chi connectivity index (χ4n) is 2.16. The standard InChI is InChI=1S/C18H19N4O3P/c19-9-13-1-5-15(6-2-13)17(21)11-24-26(23)25-12-18(22)16-7-3-14(10-20)4-8-16/h1-8,17-18,26H,11-12,21-22H2. The van der Waals surface area contributed by atoms with Crippen LogP contribution in [0.2, 0.25) is 0 Å². The molecule has 2 rings (SSSR count). The summed E-state index contributed by atoms with van der Waals surface area (Å²) in [6.45, 7) is 0.0472. The summed E-state index contributed by atoms with van der Waals surface area (Å²) in [4.78, 5) is 0. The van der Waals surface area contributed by atoms with Gasteiger partial charge in [0.05, 0.1) is 48.6 Å². The predicted molar refractivity (Wildman–Crippen MR) is 97.1 cm³/mol. The second kappa shape index (κ2) is 9.84. The molecule has 134 valence electrons. The fourth-order valence-corrected chi connectivity index (χ4v) is 2.87. The number of hydrogen-bond acceptors (Lipinski definition) is 7. The third-order valence-electron chi connectivity index (χ3n) is 3.70. The Balaban J connectivity index is 1.77. The zero-order chi connectivity index (χ0) is 18.9. The summed E-state index contributed by atoms with van der Waals surface area (Å²) in [5.41, 5.74) is 14.6. The minimum absolute atomic E-state index is 0.0236. The molecule has 0 aromatic heterocycles. The molecule has 0 bridgehead atoms. The van der Waals surface area contributed by atoms with Crippen molar-refractivity contribution in [3.05, 3.63) is 70.8 Å². The van der Waals surface area contributed by atoms with Crippen molar-refractivity contribution >= 4 is 8.25 Å². The lowest BCUT2D eigenvalue weighted by molar-refractivity contribution is 0.207. The van der Waals surface area contributed by atoms with Crippen molar-refractivity contribution in [3.8, 4) is 12.1 Å². The van der Waals surface area contributed by atoms with E-state index in [0.29, 0.717) is 11.1 Å². The van der Waals surface area contributed by atoms with E-state index >= 15 is 0 Å². The van der Waals surface area contributed by atoms with E-state index in [2.05, 4.69) is 0 Å². The minimum Gasteiger partial charge on any atom is -0.322 e. The maximum atomic E-state index is 11.9. The summed E-state index contributed by atoms with van der Waals surface area (Å²) in [5.74, 6) is 0. The fraction of sp³-hybridized carbons (Fsp3) is 0.222. The van der Waals surface area contributed by atoms with Gasteiger partial charge in [-0.2, -0.15) is 10.5 Å². The second-order valence-electron chi connectivity index (χ2n) is 5.55. The third-order valence-corrected chi connectivity index (χ3v) is 4.50. The Hall–Kier alpha value is -2.51. The topological polar surface area (TPSA) is 135 Å². The van der Waals surface area contributed by atoms with E-state index < -0.39 is 20.3 Å². The van der Waals surface area contributed by atoms with Gasteiger partial charge in [-0.3, -0.25) is 4.57 Å². The molecule has 0 aliphatic rings. The second-order valence-corrected chi connectivity index (χ2v) is 6.63. The molecule has 2 atom stereocenters. The molecule has 2 aromatic rings. The highest BCUT2D eigenvalue weighted by Gasteiger charge is 2.12. The number of rotatable bonds is 8. The van der Waals surface area contributed by atoms with Gasteiger partial charge in [-0.1, -0.05) is 24.3 Å². The van der Waals surface area contributed by atoms with Crippen LogP contribution in [0.5, 0.6) is 0 Å². The number of nitrogens with zero attached hydrogens (tertiary/aromatic N) is 2. The van der Waals surface area contributed by atoms with Crippen molar-refractivity contribution in [2.45, 2.75) is 12.1 Å². The molecular formula is C18H19N4O3P. The van der Waals surface area contributed by atoms with Crippen LogP contribution in [-0.4, -0.2) is 13.2 Å². The van der Waals surface area contributed by atoms with E-state index in [9.17, 15) is 4.57 Å². The Morgan fingerprint density at radius 2 is 1.15 bits per heavy atom. The molecule has 2 aromatic carbocycles. The van der Waals surface area contributed by atoms with Crippen LogP contribution in [0.1, 0.15) is 34.3 Å². The van der Waals surface area contributed by atoms with E-state index in [1.165, 1.54) is 0 Å². The monoisotopic (exact) mass is 370 g/mol. The van der Waals surface area contributed by atoms with Gasteiger partial charge in [0.15, 0.2) is 0 Å². The first-order chi connectivity index (χ1) is 12.5. The van der Waals surface area contributed by atoms with E-state index in [4.69, 9.17) is 31.0 Å². The average Bonchev–Trinajstić information content (AvgIpc) is 2.70. The largest absolute Gasteiger partial charge is 0.322 e. The number of benzene rings is 2.